The number of carbonyl (C=O) groups is 1. The zero-order valence-corrected chi connectivity index (χ0v) is 12.3. The zero-order chi connectivity index (χ0) is 15.8. The van der Waals surface area contributed by atoms with E-state index in [9.17, 15) is 4.79 Å². The van der Waals surface area contributed by atoms with Crippen molar-refractivity contribution in [1.29, 1.82) is 0 Å². The topological polar surface area (TPSA) is 82.5 Å². The number of carbonyl (C=O) groups excluding carboxylic acids is 1. The Morgan fingerprint density at radius 2 is 2.17 bits per heavy atom. The fourth-order valence-corrected chi connectivity index (χ4v) is 2.42. The first kappa shape index (κ1) is 13.4. The van der Waals surface area contributed by atoms with Gasteiger partial charge in [0.2, 0.25) is 5.89 Å². The van der Waals surface area contributed by atoms with Crippen LogP contribution < -0.4 is 0 Å². The Morgan fingerprint density at radius 1 is 1.30 bits per heavy atom. The minimum absolute atomic E-state index is 0.0445. The molecule has 4 aromatic rings. The van der Waals surface area contributed by atoms with E-state index in [1.807, 2.05) is 24.3 Å². The molecule has 0 aliphatic heterocycles. The second-order valence-corrected chi connectivity index (χ2v) is 5.00. The molecule has 0 N–H and O–H groups in total. The van der Waals surface area contributed by atoms with E-state index < -0.39 is 5.97 Å². The molecule has 4 rings (SSSR count). The molecule has 0 saturated heterocycles. The number of hydrogen-bond donors (Lipinski definition) is 0. The highest BCUT2D eigenvalue weighted by Gasteiger charge is 2.20. The van der Waals surface area contributed by atoms with Crippen LogP contribution in [0.3, 0.4) is 0 Å². The molecule has 0 saturated carbocycles. The summed E-state index contributed by atoms with van der Waals surface area (Å²) in [4.78, 5) is 20.8. The highest BCUT2D eigenvalue weighted by atomic mass is 16.5. The second-order valence-electron chi connectivity index (χ2n) is 5.00. The summed E-state index contributed by atoms with van der Waals surface area (Å²) in [5, 5.41) is 4.24. The number of oxazole rings is 1. The molecule has 0 aliphatic rings. The van der Waals surface area contributed by atoms with Gasteiger partial charge in [0.25, 0.3) is 0 Å². The van der Waals surface area contributed by atoms with E-state index in [2.05, 4.69) is 15.1 Å². The largest absolute Gasteiger partial charge is 0.452 e. The van der Waals surface area contributed by atoms with E-state index in [0.717, 1.165) is 5.52 Å². The van der Waals surface area contributed by atoms with E-state index in [-0.39, 0.29) is 6.61 Å². The van der Waals surface area contributed by atoms with Crippen LogP contribution in [0.1, 0.15) is 21.9 Å². The fraction of sp³-hybridized carbons (Fsp3) is 0.125. The second kappa shape index (κ2) is 5.20. The van der Waals surface area contributed by atoms with Crippen LogP contribution in [0.2, 0.25) is 0 Å². The molecule has 0 radical (unpaired) electrons. The smallest absolute Gasteiger partial charge is 0.344 e. The number of benzene rings is 1. The third-order valence-electron chi connectivity index (χ3n) is 3.44. The molecule has 1 aromatic carbocycles. The normalized spacial score (nSPS) is 11.2. The number of hydrogen-bond acceptors (Lipinski definition) is 6. The Kier molecular flexibility index (Phi) is 3.04. The molecule has 3 aromatic heterocycles. The van der Waals surface area contributed by atoms with Gasteiger partial charge in [0.1, 0.15) is 11.1 Å². The minimum Gasteiger partial charge on any atom is -0.452 e. The number of fused-ring (bicyclic) bond motifs is 2. The monoisotopic (exact) mass is 308 g/mol. The molecule has 7 nitrogen and oxygen atoms in total. The average molecular weight is 308 g/mol. The van der Waals surface area contributed by atoms with Crippen molar-refractivity contribution < 1.29 is 13.9 Å². The summed E-state index contributed by atoms with van der Waals surface area (Å²) in [5.74, 6) is -0.153. The fourth-order valence-electron chi connectivity index (χ4n) is 2.42. The van der Waals surface area contributed by atoms with Crippen LogP contribution in [0.15, 0.2) is 47.1 Å². The molecule has 0 spiro atoms. The van der Waals surface area contributed by atoms with Crippen molar-refractivity contribution in [2.75, 3.05) is 0 Å². The standard InChI is InChI=1S/C16H12N4O3/c1-10-14(15-17-7-4-8-20(15)19-10)16(21)22-9-13-18-11-5-2-3-6-12(11)23-13/h2-8H,9H2,1H3. The molecule has 0 bridgehead atoms. The van der Waals surface area contributed by atoms with Gasteiger partial charge in [-0.3, -0.25) is 0 Å². The lowest BCUT2D eigenvalue weighted by atomic mass is 10.2. The van der Waals surface area contributed by atoms with Gasteiger partial charge in [0, 0.05) is 12.4 Å². The van der Waals surface area contributed by atoms with Crippen LogP contribution in [-0.4, -0.2) is 25.6 Å². The average Bonchev–Trinajstić information content (AvgIpc) is 3.12. The van der Waals surface area contributed by atoms with Gasteiger partial charge in [-0.25, -0.2) is 19.3 Å². The summed E-state index contributed by atoms with van der Waals surface area (Å²) in [6.45, 7) is 1.70. The number of para-hydroxylation sites is 2. The van der Waals surface area contributed by atoms with Gasteiger partial charge in [-0.15, -0.1) is 0 Å². The first-order valence-electron chi connectivity index (χ1n) is 7.04. The van der Waals surface area contributed by atoms with Crippen molar-refractivity contribution in [3.05, 3.63) is 59.9 Å². The van der Waals surface area contributed by atoms with Gasteiger partial charge >= 0.3 is 5.97 Å². The van der Waals surface area contributed by atoms with Crippen LogP contribution in [0.25, 0.3) is 16.7 Å². The van der Waals surface area contributed by atoms with Crippen molar-refractivity contribution in [1.82, 2.24) is 19.6 Å². The highest BCUT2D eigenvalue weighted by Crippen LogP contribution is 2.17. The Balaban J connectivity index is 1.58. The molecule has 0 fully saturated rings. The summed E-state index contributed by atoms with van der Waals surface area (Å²) < 4.78 is 12.4. The SMILES string of the molecule is Cc1nn2cccnc2c1C(=O)OCc1nc2ccccc2o1. The van der Waals surface area contributed by atoms with Crippen LogP contribution in [0, 0.1) is 6.92 Å². The molecule has 3 heterocycles. The first-order valence-corrected chi connectivity index (χ1v) is 7.04. The third-order valence-corrected chi connectivity index (χ3v) is 3.44. The number of aromatic nitrogens is 4. The number of aryl methyl sites for hydroxylation is 1. The number of ether oxygens (including phenoxy) is 1. The van der Waals surface area contributed by atoms with Gasteiger partial charge in [-0.1, -0.05) is 12.1 Å². The predicted molar refractivity (Wildman–Crippen MR) is 80.9 cm³/mol. The summed E-state index contributed by atoms with van der Waals surface area (Å²) in [7, 11) is 0. The van der Waals surface area contributed by atoms with Crippen LogP contribution in [0.4, 0.5) is 0 Å². The van der Waals surface area contributed by atoms with Crippen LogP contribution in [0.5, 0.6) is 0 Å². The predicted octanol–water partition coefficient (Wildman–Crippen LogP) is 2.54. The molecule has 0 amide bonds. The molecular formula is C16H12N4O3. The zero-order valence-electron chi connectivity index (χ0n) is 12.3. The van der Waals surface area contributed by atoms with Crippen molar-refractivity contribution in [2.24, 2.45) is 0 Å². The van der Waals surface area contributed by atoms with Crippen molar-refractivity contribution >= 4 is 22.7 Å². The van der Waals surface area contributed by atoms with E-state index in [0.29, 0.717) is 28.4 Å². The lowest BCUT2D eigenvalue weighted by Gasteiger charge is -2.01. The van der Waals surface area contributed by atoms with Crippen molar-refractivity contribution in [3.8, 4) is 0 Å². The van der Waals surface area contributed by atoms with Gasteiger partial charge < -0.3 is 9.15 Å². The van der Waals surface area contributed by atoms with Gasteiger partial charge in [0.05, 0.1) is 5.69 Å². The summed E-state index contributed by atoms with van der Waals surface area (Å²) in [6.07, 6.45) is 3.33. The molecule has 0 atom stereocenters. The highest BCUT2D eigenvalue weighted by molar-refractivity contribution is 5.97. The summed E-state index contributed by atoms with van der Waals surface area (Å²) in [5.41, 5.74) is 2.76. The number of esters is 1. The van der Waals surface area contributed by atoms with E-state index in [1.165, 1.54) is 0 Å². The van der Waals surface area contributed by atoms with Gasteiger partial charge in [0.15, 0.2) is 17.8 Å². The maximum Gasteiger partial charge on any atom is 0.344 e. The molecule has 23 heavy (non-hydrogen) atoms. The molecule has 7 heteroatoms. The molecule has 0 aliphatic carbocycles. The van der Waals surface area contributed by atoms with Crippen molar-refractivity contribution in [3.63, 3.8) is 0 Å². The van der Waals surface area contributed by atoms with E-state index >= 15 is 0 Å². The van der Waals surface area contributed by atoms with Crippen LogP contribution in [-0.2, 0) is 11.3 Å². The molecular weight excluding hydrogens is 296 g/mol. The molecule has 0 unspecified atom stereocenters. The minimum atomic E-state index is -0.501. The Labute approximate surface area is 130 Å². The Morgan fingerprint density at radius 3 is 3.04 bits per heavy atom. The Bertz CT molecular complexity index is 985. The summed E-state index contributed by atoms with van der Waals surface area (Å²) in [6, 6.07) is 9.12. The number of rotatable bonds is 3. The van der Waals surface area contributed by atoms with Crippen LogP contribution >= 0.6 is 0 Å². The molecule has 114 valence electrons. The number of nitrogens with zero attached hydrogens (tertiary/aromatic N) is 4. The Hall–Kier alpha value is -3.22. The van der Waals surface area contributed by atoms with E-state index in [1.54, 1.807) is 29.9 Å². The lowest BCUT2D eigenvalue weighted by Crippen LogP contribution is -2.07. The van der Waals surface area contributed by atoms with Gasteiger partial charge in [-0.05, 0) is 25.1 Å². The quantitative estimate of drug-likeness (QED) is 0.541. The maximum atomic E-state index is 12.3. The maximum absolute atomic E-state index is 12.3. The summed E-state index contributed by atoms with van der Waals surface area (Å²) >= 11 is 0. The van der Waals surface area contributed by atoms with Gasteiger partial charge in [-0.2, -0.15) is 5.10 Å². The van der Waals surface area contributed by atoms with E-state index in [4.69, 9.17) is 9.15 Å². The lowest BCUT2D eigenvalue weighted by molar-refractivity contribution is 0.0441. The third kappa shape index (κ3) is 2.32. The first-order chi connectivity index (χ1) is 11.2. The van der Waals surface area contributed by atoms with Crippen molar-refractivity contribution in [2.45, 2.75) is 13.5 Å².